The van der Waals surface area contributed by atoms with Gasteiger partial charge in [0.2, 0.25) is 5.56 Å². The summed E-state index contributed by atoms with van der Waals surface area (Å²) in [4.78, 5) is 15.5. The van der Waals surface area contributed by atoms with E-state index in [1.54, 1.807) is 40.5 Å². The number of nitrogen functional groups attached to an aromatic ring is 1. The molecule has 0 atom stereocenters. The van der Waals surface area contributed by atoms with Crippen LogP contribution >= 0.6 is 15.9 Å². The number of hydrogen-bond acceptors (Lipinski definition) is 4. The molecule has 3 heterocycles. The minimum atomic E-state index is -0.0273. The number of nitrogens with zero attached hydrogens (tertiary/aromatic N) is 3. The maximum absolute atomic E-state index is 11.3. The standard InChI is InChI=1S/C12H13BrN6O/c1-18-6-7(2-3-10(18)20)5-15-9-4-8(14)16-12-11(13)17-19(9)12/h2-4,6,15,17H,5H2,1H3,(H2,14,16). The fourth-order valence-electron chi connectivity index (χ4n) is 1.96. The van der Waals surface area contributed by atoms with Crippen molar-refractivity contribution < 1.29 is 0 Å². The highest BCUT2D eigenvalue weighted by Crippen LogP contribution is 2.22. The van der Waals surface area contributed by atoms with Crippen molar-refractivity contribution in [2.24, 2.45) is 7.05 Å². The average molecular weight is 337 g/mol. The molecule has 104 valence electrons. The fourth-order valence-corrected chi connectivity index (χ4v) is 2.40. The van der Waals surface area contributed by atoms with Crippen molar-refractivity contribution in [3.05, 3.63) is 44.9 Å². The zero-order valence-corrected chi connectivity index (χ0v) is 12.3. The third kappa shape index (κ3) is 2.18. The average Bonchev–Trinajstić information content (AvgIpc) is 2.41. The predicted molar refractivity (Wildman–Crippen MR) is 80.7 cm³/mol. The Labute approximate surface area is 122 Å². The lowest BCUT2D eigenvalue weighted by Gasteiger charge is -2.16. The van der Waals surface area contributed by atoms with E-state index in [1.807, 2.05) is 0 Å². The minimum Gasteiger partial charge on any atom is -0.384 e. The SMILES string of the molecule is Cn1cc(CNc2cc(N)nc3c(Br)[nH]n23)ccc1=O. The molecule has 0 spiro atoms. The summed E-state index contributed by atoms with van der Waals surface area (Å²) in [6.45, 7) is 0.580. The molecule has 20 heavy (non-hydrogen) atoms. The molecule has 0 amide bonds. The molecular weight excluding hydrogens is 324 g/mol. The molecule has 8 heteroatoms. The lowest BCUT2D eigenvalue weighted by atomic mass is 10.3. The third-order valence-electron chi connectivity index (χ3n) is 3.00. The summed E-state index contributed by atoms with van der Waals surface area (Å²) in [5.74, 6) is 1.25. The number of aryl methyl sites for hydroxylation is 1. The summed E-state index contributed by atoms with van der Waals surface area (Å²) in [5.41, 5.74) is 7.48. The van der Waals surface area contributed by atoms with Crippen molar-refractivity contribution in [2.45, 2.75) is 6.54 Å². The Morgan fingerprint density at radius 2 is 2.30 bits per heavy atom. The van der Waals surface area contributed by atoms with Gasteiger partial charge in [-0.15, -0.1) is 0 Å². The Bertz CT molecular complexity index is 830. The van der Waals surface area contributed by atoms with E-state index >= 15 is 0 Å². The number of pyridine rings is 1. The van der Waals surface area contributed by atoms with Gasteiger partial charge in [-0.05, 0) is 21.5 Å². The van der Waals surface area contributed by atoms with Gasteiger partial charge in [-0.2, -0.15) is 0 Å². The highest BCUT2D eigenvalue weighted by molar-refractivity contribution is 9.10. The maximum Gasteiger partial charge on any atom is 0.250 e. The maximum atomic E-state index is 11.3. The molecule has 0 aliphatic carbocycles. The lowest BCUT2D eigenvalue weighted by Crippen LogP contribution is -2.17. The van der Waals surface area contributed by atoms with Crippen LogP contribution in [0, 0.1) is 0 Å². The smallest absolute Gasteiger partial charge is 0.250 e. The van der Waals surface area contributed by atoms with Gasteiger partial charge in [0.25, 0.3) is 0 Å². The van der Waals surface area contributed by atoms with Gasteiger partial charge in [0.05, 0.1) is 0 Å². The first-order valence-corrected chi connectivity index (χ1v) is 6.76. The number of H-pyrrole nitrogens is 1. The van der Waals surface area contributed by atoms with E-state index in [0.29, 0.717) is 12.4 Å². The highest BCUT2D eigenvalue weighted by Gasteiger charge is 2.10. The zero-order chi connectivity index (χ0) is 14.3. The monoisotopic (exact) mass is 336 g/mol. The van der Waals surface area contributed by atoms with E-state index in [2.05, 4.69) is 31.3 Å². The van der Waals surface area contributed by atoms with Crippen LogP contribution in [0.3, 0.4) is 0 Å². The Hall–Kier alpha value is -2.22. The zero-order valence-electron chi connectivity index (χ0n) is 10.7. The molecule has 3 aromatic rings. The minimum absolute atomic E-state index is 0.0273. The van der Waals surface area contributed by atoms with Gasteiger partial charge in [-0.3, -0.25) is 9.89 Å². The molecule has 0 saturated heterocycles. The number of hydrogen-bond donors (Lipinski definition) is 3. The summed E-state index contributed by atoms with van der Waals surface area (Å²) in [6.07, 6.45) is 1.80. The van der Waals surface area contributed by atoms with Crippen molar-refractivity contribution in [3.63, 3.8) is 0 Å². The van der Waals surface area contributed by atoms with E-state index in [9.17, 15) is 4.79 Å². The number of fused-ring (bicyclic) bond motifs is 1. The lowest BCUT2D eigenvalue weighted by molar-refractivity contribution is 0.819. The van der Waals surface area contributed by atoms with Crippen LogP contribution in [0.1, 0.15) is 5.56 Å². The Balaban J connectivity index is 1.85. The van der Waals surface area contributed by atoms with E-state index in [-0.39, 0.29) is 5.56 Å². The first-order valence-electron chi connectivity index (χ1n) is 5.96. The van der Waals surface area contributed by atoms with Gasteiger partial charge in [0, 0.05) is 31.9 Å². The fraction of sp³-hybridized carbons (Fsp3) is 0.167. The molecule has 3 rings (SSSR count). The normalized spacial score (nSPS) is 11.1. The van der Waals surface area contributed by atoms with Gasteiger partial charge in [-0.25, -0.2) is 9.50 Å². The number of rotatable bonds is 3. The van der Waals surface area contributed by atoms with E-state index in [0.717, 1.165) is 21.6 Å². The molecule has 4 N–H and O–H groups in total. The Kier molecular flexibility index (Phi) is 3.01. The first kappa shape index (κ1) is 12.8. The van der Waals surface area contributed by atoms with E-state index < -0.39 is 0 Å². The van der Waals surface area contributed by atoms with Gasteiger partial charge in [-0.1, -0.05) is 6.07 Å². The molecule has 0 unspecified atom stereocenters. The first-order chi connectivity index (χ1) is 9.54. The second-order valence-corrected chi connectivity index (χ2v) is 5.28. The second kappa shape index (κ2) is 4.71. The van der Waals surface area contributed by atoms with Gasteiger partial charge >= 0.3 is 0 Å². The van der Waals surface area contributed by atoms with Gasteiger partial charge in [0.1, 0.15) is 16.2 Å². The Morgan fingerprint density at radius 3 is 3.00 bits per heavy atom. The van der Waals surface area contributed by atoms with Crippen LogP contribution in [0.5, 0.6) is 0 Å². The number of aromatic amines is 1. The van der Waals surface area contributed by atoms with Crippen LogP contribution in [-0.4, -0.2) is 19.2 Å². The van der Waals surface area contributed by atoms with Crippen molar-refractivity contribution in [1.29, 1.82) is 0 Å². The van der Waals surface area contributed by atoms with Crippen molar-refractivity contribution in [3.8, 4) is 0 Å². The summed E-state index contributed by atoms with van der Waals surface area (Å²) in [6, 6.07) is 5.09. The van der Waals surface area contributed by atoms with Crippen molar-refractivity contribution in [1.82, 2.24) is 19.2 Å². The largest absolute Gasteiger partial charge is 0.384 e. The van der Waals surface area contributed by atoms with E-state index in [4.69, 9.17) is 5.73 Å². The third-order valence-corrected chi connectivity index (χ3v) is 3.53. The highest BCUT2D eigenvalue weighted by atomic mass is 79.9. The molecule has 0 aromatic carbocycles. The number of aromatic nitrogens is 4. The second-order valence-electron chi connectivity index (χ2n) is 4.49. The van der Waals surface area contributed by atoms with Crippen LogP contribution in [0.2, 0.25) is 0 Å². The van der Waals surface area contributed by atoms with Crippen LogP contribution < -0.4 is 16.6 Å². The van der Waals surface area contributed by atoms with Crippen molar-refractivity contribution >= 4 is 33.2 Å². The van der Waals surface area contributed by atoms with Crippen molar-refractivity contribution in [2.75, 3.05) is 11.1 Å². The summed E-state index contributed by atoms with van der Waals surface area (Å²) in [7, 11) is 1.73. The van der Waals surface area contributed by atoms with Gasteiger partial charge in [0.15, 0.2) is 5.65 Å². The summed E-state index contributed by atoms with van der Waals surface area (Å²) in [5, 5.41) is 6.31. The molecule has 0 saturated carbocycles. The summed E-state index contributed by atoms with van der Waals surface area (Å²) < 4.78 is 4.14. The molecule has 0 bridgehead atoms. The molecule has 0 radical (unpaired) electrons. The topological polar surface area (TPSA) is 93.1 Å². The number of halogens is 1. The molecular formula is C12H13BrN6O. The number of nitrogens with one attached hydrogen (secondary N) is 2. The van der Waals surface area contributed by atoms with E-state index in [1.165, 1.54) is 0 Å². The quantitative estimate of drug-likeness (QED) is 0.672. The molecule has 0 fully saturated rings. The predicted octanol–water partition coefficient (Wildman–Crippen LogP) is 1.32. The number of anilines is 2. The van der Waals surface area contributed by atoms with Crippen LogP contribution in [0.15, 0.2) is 33.8 Å². The van der Waals surface area contributed by atoms with Crippen LogP contribution in [0.4, 0.5) is 11.6 Å². The molecule has 7 nitrogen and oxygen atoms in total. The van der Waals surface area contributed by atoms with Gasteiger partial charge < -0.3 is 15.6 Å². The molecule has 3 aromatic heterocycles. The molecule has 0 aliphatic heterocycles. The molecule has 0 aliphatic rings. The Morgan fingerprint density at radius 1 is 1.50 bits per heavy atom. The van der Waals surface area contributed by atoms with Crippen LogP contribution in [-0.2, 0) is 13.6 Å². The van der Waals surface area contributed by atoms with Crippen LogP contribution in [0.25, 0.3) is 5.65 Å². The summed E-state index contributed by atoms with van der Waals surface area (Å²) >= 11 is 3.34. The number of nitrogens with two attached hydrogens (primary N) is 1.